The minimum absolute atomic E-state index is 0.0362. The summed E-state index contributed by atoms with van der Waals surface area (Å²) in [5, 5.41) is 3.31. The topological polar surface area (TPSA) is 64.0 Å². The Balaban J connectivity index is 2.34. The molecule has 2 aromatic rings. The zero-order chi connectivity index (χ0) is 14.9. The Morgan fingerprint density at radius 2 is 2.10 bits per heavy atom. The molecule has 1 heterocycles. The molecule has 2 rings (SSSR count). The second kappa shape index (κ2) is 5.36. The Bertz CT molecular complexity index is 716. The number of halogens is 1. The molecule has 1 aromatic heterocycles. The number of carbonyl (C=O) groups excluding carboxylic acids is 1. The van der Waals surface area contributed by atoms with E-state index in [0.29, 0.717) is 10.9 Å². The lowest BCUT2D eigenvalue weighted by molar-refractivity contribution is -0.123. The highest BCUT2D eigenvalue weighted by atomic mass is 79.9. The van der Waals surface area contributed by atoms with Gasteiger partial charge < -0.3 is 5.32 Å². The van der Waals surface area contributed by atoms with Crippen LogP contribution >= 0.6 is 15.9 Å². The molecule has 0 radical (unpaired) electrons. The molecule has 0 saturated carbocycles. The van der Waals surface area contributed by atoms with Crippen LogP contribution in [-0.2, 0) is 11.3 Å². The van der Waals surface area contributed by atoms with Crippen molar-refractivity contribution in [2.45, 2.75) is 32.9 Å². The number of carbonyl (C=O) groups is 1. The summed E-state index contributed by atoms with van der Waals surface area (Å²) in [6, 6.07) is 5.30. The van der Waals surface area contributed by atoms with Crippen molar-refractivity contribution in [1.29, 1.82) is 0 Å². The van der Waals surface area contributed by atoms with Crippen LogP contribution in [0.15, 0.2) is 33.8 Å². The molecule has 1 N–H and O–H groups in total. The van der Waals surface area contributed by atoms with Crippen LogP contribution in [0.1, 0.15) is 20.8 Å². The maximum atomic E-state index is 12.3. The molecule has 0 unspecified atom stereocenters. The summed E-state index contributed by atoms with van der Waals surface area (Å²) in [6.07, 6.45) is 1.40. The molecule has 0 spiro atoms. The first kappa shape index (κ1) is 14.7. The van der Waals surface area contributed by atoms with E-state index in [0.717, 1.165) is 4.47 Å². The summed E-state index contributed by atoms with van der Waals surface area (Å²) in [4.78, 5) is 28.4. The number of nitrogens with zero attached hydrogens (tertiary/aromatic N) is 2. The number of amides is 1. The maximum Gasteiger partial charge on any atom is 0.261 e. The molecule has 0 aliphatic carbocycles. The SMILES string of the molecule is CC(C)(C)NC(=O)Cn1cnc2ccc(Br)cc2c1=O. The van der Waals surface area contributed by atoms with Crippen molar-refractivity contribution in [3.8, 4) is 0 Å². The number of hydrogen-bond acceptors (Lipinski definition) is 3. The standard InChI is InChI=1S/C14H16BrN3O2/c1-14(2,3)17-12(19)7-18-8-16-11-5-4-9(15)6-10(11)13(18)20/h4-6,8H,7H2,1-3H3,(H,17,19). The van der Waals surface area contributed by atoms with Gasteiger partial charge in [-0.25, -0.2) is 4.98 Å². The van der Waals surface area contributed by atoms with Gasteiger partial charge in [0.2, 0.25) is 5.91 Å². The van der Waals surface area contributed by atoms with E-state index in [1.807, 2.05) is 26.8 Å². The van der Waals surface area contributed by atoms with Crippen LogP contribution < -0.4 is 10.9 Å². The largest absolute Gasteiger partial charge is 0.350 e. The zero-order valence-electron chi connectivity index (χ0n) is 11.6. The number of fused-ring (bicyclic) bond motifs is 1. The number of aromatic nitrogens is 2. The van der Waals surface area contributed by atoms with Gasteiger partial charge in [0.05, 0.1) is 17.2 Å². The molecule has 0 aliphatic rings. The van der Waals surface area contributed by atoms with Crippen molar-refractivity contribution in [2.75, 3.05) is 0 Å². The predicted octanol–water partition coefficient (Wildman–Crippen LogP) is 2.07. The summed E-state index contributed by atoms with van der Waals surface area (Å²) >= 11 is 3.33. The van der Waals surface area contributed by atoms with Crippen LogP contribution in [0.3, 0.4) is 0 Å². The van der Waals surface area contributed by atoms with Gasteiger partial charge in [-0.15, -0.1) is 0 Å². The first-order chi connectivity index (χ1) is 9.26. The number of benzene rings is 1. The molecule has 5 nitrogen and oxygen atoms in total. The zero-order valence-corrected chi connectivity index (χ0v) is 13.2. The van der Waals surface area contributed by atoms with E-state index < -0.39 is 0 Å². The third-order valence-electron chi connectivity index (χ3n) is 2.61. The molecular weight excluding hydrogens is 322 g/mol. The van der Waals surface area contributed by atoms with Crippen molar-refractivity contribution < 1.29 is 4.79 Å². The van der Waals surface area contributed by atoms with Crippen molar-refractivity contribution in [3.63, 3.8) is 0 Å². The van der Waals surface area contributed by atoms with E-state index >= 15 is 0 Å². The highest BCUT2D eigenvalue weighted by Gasteiger charge is 2.15. The van der Waals surface area contributed by atoms with Gasteiger partial charge in [-0.05, 0) is 39.0 Å². The van der Waals surface area contributed by atoms with Gasteiger partial charge >= 0.3 is 0 Å². The van der Waals surface area contributed by atoms with Gasteiger partial charge in [-0.3, -0.25) is 14.2 Å². The minimum Gasteiger partial charge on any atom is -0.350 e. The van der Waals surface area contributed by atoms with E-state index in [9.17, 15) is 9.59 Å². The van der Waals surface area contributed by atoms with Gasteiger partial charge in [0.1, 0.15) is 6.54 Å². The summed E-state index contributed by atoms with van der Waals surface area (Å²) < 4.78 is 2.12. The highest BCUT2D eigenvalue weighted by molar-refractivity contribution is 9.10. The Hall–Kier alpha value is -1.69. The second-order valence-corrected chi connectivity index (χ2v) is 6.55. The average Bonchev–Trinajstić information content (AvgIpc) is 2.31. The van der Waals surface area contributed by atoms with Gasteiger partial charge in [-0.1, -0.05) is 15.9 Å². The summed E-state index contributed by atoms with van der Waals surface area (Å²) in [7, 11) is 0. The van der Waals surface area contributed by atoms with E-state index in [1.165, 1.54) is 10.9 Å². The van der Waals surface area contributed by atoms with Crippen LogP contribution in [0.5, 0.6) is 0 Å². The third kappa shape index (κ3) is 3.45. The van der Waals surface area contributed by atoms with Crippen LogP contribution in [-0.4, -0.2) is 21.0 Å². The van der Waals surface area contributed by atoms with Crippen LogP contribution in [0.4, 0.5) is 0 Å². The fourth-order valence-electron chi connectivity index (χ4n) is 1.86. The van der Waals surface area contributed by atoms with Gasteiger partial charge in [0.15, 0.2) is 0 Å². The van der Waals surface area contributed by atoms with E-state index in [1.54, 1.807) is 12.1 Å². The number of rotatable bonds is 2. The fraction of sp³-hybridized carbons (Fsp3) is 0.357. The van der Waals surface area contributed by atoms with Crippen LogP contribution in [0, 0.1) is 0 Å². The molecule has 106 valence electrons. The number of hydrogen-bond donors (Lipinski definition) is 1. The molecule has 0 aliphatic heterocycles. The molecule has 1 aromatic carbocycles. The molecule has 0 bridgehead atoms. The molecule has 0 atom stereocenters. The Labute approximate surface area is 125 Å². The van der Waals surface area contributed by atoms with E-state index in [-0.39, 0.29) is 23.6 Å². The molecule has 1 amide bonds. The molecule has 0 fully saturated rings. The third-order valence-corrected chi connectivity index (χ3v) is 3.11. The van der Waals surface area contributed by atoms with E-state index in [4.69, 9.17) is 0 Å². The summed E-state index contributed by atoms with van der Waals surface area (Å²) in [5.41, 5.74) is 0.0691. The lowest BCUT2D eigenvalue weighted by atomic mass is 10.1. The molecular formula is C14H16BrN3O2. The predicted molar refractivity (Wildman–Crippen MR) is 81.6 cm³/mol. The quantitative estimate of drug-likeness (QED) is 0.912. The van der Waals surface area contributed by atoms with Gasteiger partial charge in [-0.2, -0.15) is 0 Å². The van der Waals surface area contributed by atoms with Crippen LogP contribution in [0.25, 0.3) is 10.9 Å². The van der Waals surface area contributed by atoms with E-state index in [2.05, 4.69) is 26.2 Å². The first-order valence-corrected chi connectivity index (χ1v) is 7.01. The van der Waals surface area contributed by atoms with Crippen molar-refractivity contribution in [1.82, 2.24) is 14.9 Å². The average molecular weight is 338 g/mol. The lowest BCUT2D eigenvalue weighted by Crippen LogP contribution is -2.43. The monoisotopic (exact) mass is 337 g/mol. The smallest absolute Gasteiger partial charge is 0.261 e. The minimum atomic E-state index is -0.325. The van der Waals surface area contributed by atoms with Crippen molar-refractivity contribution in [3.05, 3.63) is 39.4 Å². The number of nitrogens with one attached hydrogen (secondary N) is 1. The highest BCUT2D eigenvalue weighted by Crippen LogP contribution is 2.14. The molecule has 6 heteroatoms. The van der Waals surface area contributed by atoms with Crippen LogP contribution in [0.2, 0.25) is 0 Å². The second-order valence-electron chi connectivity index (χ2n) is 5.64. The Morgan fingerprint density at radius 3 is 2.75 bits per heavy atom. The molecule has 0 saturated heterocycles. The van der Waals surface area contributed by atoms with Crippen molar-refractivity contribution >= 4 is 32.7 Å². The normalized spacial score (nSPS) is 11.6. The lowest BCUT2D eigenvalue weighted by Gasteiger charge is -2.20. The summed E-state index contributed by atoms with van der Waals surface area (Å²) in [5.74, 6) is -0.212. The maximum absolute atomic E-state index is 12.3. The first-order valence-electron chi connectivity index (χ1n) is 6.22. The Kier molecular flexibility index (Phi) is 3.94. The van der Waals surface area contributed by atoms with Crippen molar-refractivity contribution in [2.24, 2.45) is 0 Å². The van der Waals surface area contributed by atoms with Gasteiger partial charge in [0, 0.05) is 10.0 Å². The summed E-state index contributed by atoms with van der Waals surface area (Å²) in [6.45, 7) is 5.64. The fourth-order valence-corrected chi connectivity index (χ4v) is 2.22. The Morgan fingerprint density at radius 1 is 1.40 bits per heavy atom. The van der Waals surface area contributed by atoms with Gasteiger partial charge in [0.25, 0.3) is 5.56 Å². The molecule has 20 heavy (non-hydrogen) atoms.